The maximum absolute atomic E-state index is 10.5. The zero-order valence-corrected chi connectivity index (χ0v) is 6.03. The third kappa shape index (κ3) is 6.29. The first-order valence-electron chi connectivity index (χ1n) is 2.95. The molecule has 0 bridgehead atoms. The second kappa shape index (κ2) is 6.53. The lowest BCUT2D eigenvalue weighted by Gasteiger charge is -1.94. The van der Waals surface area contributed by atoms with Gasteiger partial charge in [0.15, 0.2) is 0 Å². The summed E-state index contributed by atoms with van der Waals surface area (Å²) < 4.78 is 4.48. The van der Waals surface area contributed by atoms with Gasteiger partial charge in [0, 0.05) is 0 Å². The molecule has 0 aromatic carbocycles. The van der Waals surface area contributed by atoms with Crippen molar-refractivity contribution in [2.24, 2.45) is 5.10 Å². The van der Waals surface area contributed by atoms with Gasteiger partial charge in [-0.05, 0) is 6.92 Å². The molecule has 62 valence electrons. The molecule has 6 nitrogen and oxygen atoms in total. The fourth-order valence-electron chi connectivity index (χ4n) is 0.328. The van der Waals surface area contributed by atoms with Gasteiger partial charge in [0.1, 0.15) is 6.21 Å². The average molecular weight is 159 g/mol. The van der Waals surface area contributed by atoms with Crippen LogP contribution in [0.5, 0.6) is 0 Å². The Bertz CT molecular complexity index is 157. The summed E-state index contributed by atoms with van der Waals surface area (Å²) in [5.41, 5.74) is 4.08. The lowest BCUT2D eigenvalue weighted by atomic mass is 10.7. The Morgan fingerprint density at radius 1 is 1.73 bits per heavy atom. The Morgan fingerprint density at radius 3 is 3.00 bits per heavy atom. The van der Waals surface area contributed by atoms with E-state index in [-0.39, 0.29) is 0 Å². The Kier molecular flexibility index (Phi) is 5.59. The van der Waals surface area contributed by atoms with Gasteiger partial charge in [-0.15, -0.1) is 0 Å². The highest BCUT2D eigenvalue weighted by Crippen LogP contribution is 1.70. The normalized spacial score (nSPS) is 9.18. The van der Waals surface area contributed by atoms with Crippen molar-refractivity contribution in [3.63, 3.8) is 0 Å². The molecule has 0 rings (SSSR count). The number of nitrogens with zero attached hydrogens (tertiary/aromatic N) is 1. The fourth-order valence-corrected chi connectivity index (χ4v) is 0.328. The molecule has 0 unspecified atom stereocenters. The number of esters is 1. The molecule has 0 aromatic heterocycles. The first-order valence-corrected chi connectivity index (χ1v) is 2.95. The van der Waals surface area contributed by atoms with E-state index in [4.69, 9.17) is 0 Å². The first kappa shape index (κ1) is 9.41. The monoisotopic (exact) mass is 159 g/mol. The van der Waals surface area contributed by atoms with E-state index in [2.05, 4.69) is 15.4 Å². The number of hydrogen-bond acceptors (Lipinski definition) is 5. The maximum atomic E-state index is 10.5. The molecule has 0 spiro atoms. The van der Waals surface area contributed by atoms with Gasteiger partial charge in [-0.1, -0.05) is 0 Å². The smallest absolute Gasteiger partial charge is 0.351 e. The summed E-state index contributed by atoms with van der Waals surface area (Å²) in [4.78, 5) is 20.1. The van der Waals surface area contributed by atoms with Crippen molar-refractivity contribution in [3.05, 3.63) is 0 Å². The average Bonchev–Trinajstić information content (AvgIpc) is 1.99. The number of ether oxygens (including phenoxy) is 1. The summed E-state index contributed by atoms with van der Waals surface area (Å²) in [6, 6.07) is 0. The second-order valence-electron chi connectivity index (χ2n) is 1.38. The number of hydrazone groups is 1. The van der Waals surface area contributed by atoms with Crippen molar-refractivity contribution in [3.8, 4) is 0 Å². The van der Waals surface area contributed by atoms with E-state index in [9.17, 15) is 9.59 Å². The minimum absolute atomic E-state index is 0.298. The summed E-state index contributed by atoms with van der Waals surface area (Å²) in [5.74, 6) is -0.562. The van der Waals surface area contributed by atoms with Gasteiger partial charge in [0.2, 0.25) is 6.41 Å². The first-order chi connectivity index (χ1) is 5.31. The Hall–Kier alpha value is -1.59. The van der Waals surface area contributed by atoms with Gasteiger partial charge in [0.25, 0.3) is 0 Å². The van der Waals surface area contributed by atoms with Crippen LogP contribution < -0.4 is 11.0 Å². The van der Waals surface area contributed by atoms with Crippen LogP contribution in [0.15, 0.2) is 5.10 Å². The number of hydrazine groups is 1. The third-order valence-corrected chi connectivity index (χ3v) is 0.645. The fraction of sp³-hybridized carbons (Fsp3) is 0.400. The van der Waals surface area contributed by atoms with Crippen molar-refractivity contribution in [2.75, 3.05) is 6.61 Å². The molecule has 0 atom stereocenters. The van der Waals surface area contributed by atoms with Crippen molar-refractivity contribution >= 4 is 18.6 Å². The minimum Gasteiger partial charge on any atom is -0.462 e. The van der Waals surface area contributed by atoms with E-state index in [1.807, 2.05) is 5.43 Å². The van der Waals surface area contributed by atoms with E-state index in [0.29, 0.717) is 13.0 Å². The van der Waals surface area contributed by atoms with Crippen LogP contribution in [0.4, 0.5) is 0 Å². The zero-order chi connectivity index (χ0) is 8.53. The van der Waals surface area contributed by atoms with Crippen LogP contribution in [0.3, 0.4) is 0 Å². The molecule has 0 heterocycles. The number of nitrogens with one attached hydrogen (secondary N) is 2. The molecule has 0 aliphatic carbocycles. The standard InChI is InChI=1S/C5H9N3O3/c1-2-11-5(10)3-6-8-7-4-9/h3-4,8H,2H2,1H3,(H,7,9). The Balaban J connectivity index is 3.39. The second-order valence-corrected chi connectivity index (χ2v) is 1.38. The zero-order valence-electron chi connectivity index (χ0n) is 6.03. The number of hydrogen-bond donors (Lipinski definition) is 2. The highest BCUT2D eigenvalue weighted by Gasteiger charge is 1.92. The Labute approximate surface area is 63.6 Å². The summed E-state index contributed by atoms with van der Waals surface area (Å²) in [7, 11) is 0. The van der Waals surface area contributed by atoms with E-state index >= 15 is 0 Å². The van der Waals surface area contributed by atoms with Crippen LogP contribution in [0.25, 0.3) is 0 Å². The number of carbonyl (C=O) groups excluding carboxylic acids is 2. The molecule has 0 aromatic rings. The number of rotatable bonds is 5. The van der Waals surface area contributed by atoms with Gasteiger partial charge in [-0.2, -0.15) is 5.10 Å². The van der Waals surface area contributed by atoms with Crippen molar-refractivity contribution in [1.29, 1.82) is 0 Å². The summed E-state index contributed by atoms with van der Waals surface area (Å²) in [6.07, 6.45) is 1.31. The van der Waals surface area contributed by atoms with Crippen molar-refractivity contribution < 1.29 is 14.3 Å². The van der Waals surface area contributed by atoms with Crippen molar-refractivity contribution in [1.82, 2.24) is 11.0 Å². The van der Waals surface area contributed by atoms with Gasteiger partial charge in [0.05, 0.1) is 6.61 Å². The van der Waals surface area contributed by atoms with Gasteiger partial charge < -0.3 is 4.74 Å². The quantitative estimate of drug-likeness (QED) is 0.173. The molecule has 0 radical (unpaired) electrons. The number of carbonyl (C=O) groups is 2. The van der Waals surface area contributed by atoms with Crippen LogP contribution in [-0.4, -0.2) is 25.2 Å². The topological polar surface area (TPSA) is 79.8 Å². The predicted molar refractivity (Wildman–Crippen MR) is 37.5 cm³/mol. The highest BCUT2D eigenvalue weighted by atomic mass is 16.5. The van der Waals surface area contributed by atoms with Crippen LogP contribution in [0.1, 0.15) is 6.92 Å². The molecule has 0 fully saturated rings. The lowest BCUT2D eigenvalue weighted by Crippen LogP contribution is -2.25. The third-order valence-electron chi connectivity index (χ3n) is 0.645. The highest BCUT2D eigenvalue weighted by molar-refractivity contribution is 6.23. The summed E-state index contributed by atoms with van der Waals surface area (Å²) in [6.45, 7) is 1.98. The SMILES string of the molecule is CCOC(=O)C=NNNC=O. The van der Waals surface area contributed by atoms with Crippen LogP contribution >= 0.6 is 0 Å². The molecule has 0 aliphatic heterocycles. The molecule has 11 heavy (non-hydrogen) atoms. The lowest BCUT2D eigenvalue weighted by molar-refractivity contribution is -0.134. The molecule has 1 amide bonds. The molecule has 6 heteroatoms. The van der Waals surface area contributed by atoms with Gasteiger partial charge in [-0.3, -0.25) is 10.2 Å². The molecule has 0 aliphatic rings. The van der Waals surface area contributed by atoms with E-state index < -0.39 is 5.97 Å². The molecule has 0 saturated heterocycles. The van der Waals surface area contributed by atoms with Crippen LogP contribution in [-0.2, 0) is 14.3 Å². The summed E-state index contributed by atoms with van der Waals surface area (Å²) in [5, 5.41) is 3.29. The van der Waals surface area contributed by atoms with E-state index in [1.54, 1.807) is 6.92 Å². The van der Waals surface area contributed by atoms with E-state index in [0.717, 1.165) is 6.21 Å². The molecule has 2 N–H and O–H groups in total. The molecular weight excluding hydrogens is 150 g/mol. The largest absolute Gasteiger partial charge is 0.462 e. The molecule has 0 saturated carbocycles. The predicted octanol–water partition coefficient (Wildman–Crippen LogP) is -1.21. The van der Waals surface area contributed by atoms with Crippen LogP contribution in [0, 0.1) is 0 Å². The van der Waals surface area contributed by atoms with Gasteiger partial charge >= 0.3 is 5.97 Å². The molecular formula is C5H9N3O3. The van der Waals surface area contributed by atoms with Gasteiger partial charge in [-0.25, -0.2) is 10.3 Å². The maximum Gasteiger partial charge on any atom is 0.351 e. The summed E-state index contributed by atoms with van der Waals surface area (Å²) >= 11 is 0. The Morgan fingerprint density at radius 2 is 2.45 bits per heavy atom. The number of amides is 1. The van der Waals surface area contributed by atoms with E-state index in [1.165, 1.54) is 0 Å². The van der Waals surface area contributed by atoms with Crippen molar-refractivity contribution in [2.45, 2.75) is 6.92 Å². The minimum atomic E-state index is -0.562. The van der Waals surface area contributed by atoms with Crippen LogP contribution in [0.2, 0.25) is 0 Å².